The molecule has 2 atom stereocenters. The van der Waals surface area contributed by atoms with Crippen molar-refractivity contribution < 1.29 is 9.53 Å². The Labute approximate surface area is 87.9 Å². The van der Waals surface area contributed by atoms with E-state index in [9.17, 15) is 4.79 Å². The Hall–Kier alpha value is -1.65. The first-order chi connectivity index (χ1) is 7.22. The molecular weight excluding hydrogens is 194 g/mol. The van der Waals surface area contributed by atoms with Crippen LogP contribution in [0.5, 0.6) is 0 Å². The largest absolute Gasteiger partial charge is 0.465 e. The van der Waals surface area contributed by atoms with Gasteiger partial charge < -0.3 is 10.1 Å². The maximum absolute atomic E-state index is 11.4. The molecular formula is C10H13N3O2. The number of ether oxygens (including phenoxy) is 1. The Kier molecular flexibility index (Phi) is 2.53. The Morgan fingerprint density at radius 3 is 3.00 bits per heavy atom. The molecule has 1 aliphatic carbocycles. The molecule has 2 rings (SSSR count). The van der Waals surface area contributed by atoms with Gasteiger partial charge in [0.2, 0.25) is 0 Å². The van der Waals surface area contributed by atoms with Crippen molar-refractivity contribution in [2.75, 3.05) is 12.4 Å². The molecule has 0 aliphatic heterocycles. The van der Waals surface area contributed by atoms with Crippen molar-refractivity contribution >= 4 is 11.8 Å². The van der Waals surface area contributed by atoms with Gasteiger partial charge >= 0.3 is 5.97 Å². The van der Waals surface area contributed by atoms with Gasteiger partial charge in [0, 0.05) is 12.2 Å². The van der Waals surface area contributed by atoms with E-state index in [1.54, 1.807) is 0 Å². The topological polar surface area (TPSA) is 64.1 Å². The van der Waals surface area contributed by atoms with E-state index in [0.29, 0.717) is 23.3 Å². The minimum atomic E-state index is -0.411. The van der Waals surface area contributed by atoms with E-state index in [1.165, 1.54) is 19.6 Å². The Bertz CT molecular complexity index is 381. The number of carbonyl (C=O) groups excluding carboxylic acids is 1. The monoisotopic (exact) mass is 207 g/mol. The first-order valence-corrected chi connectivity index (χ1v) is 4.87. The van der Waals surface area contributed by atoms with Gasteiger partial charge in [0.15, 0.2) is 0 Å². The van der Waals surface area contributed by atoms with E-state index in [-0.39, 0.29) is 0 Å². The molecule has 0 spiro atoms. The van der Waals surface area contributed by atoms with Gasteiger partial charge in [-0.05, 0) is 12.3 Å². The summed E-state index contributed by atoms with van der Waals surface area (Å²) in [6.45, 7) is 2.15. The van der Waals surface area contributed by atoms with Crippen molar-refractivity contribution in [3.05, 3.63) is 18.1 Å². The molecule has 5 heteroatoms. The van der Waals surface area contributed by atoms with Gasteiger partial charge in [-0.25, -0.2) is 14.8 Å². The van der Waals surface area contributed by atoms with Gasteiger partial charge in [-0.2, -0.15) is 0 Å². The second-order valence-corrected chi connectivity index (χ2v) is 3.74. The van der Waals surface area contributed by atoms with Gasteiger partial charge in [0.05, 0.1) is 7.11 Å². The van der Waals surface area contributed by atoms with Crippen LogP contribution in [0.15, 0.2) is 12.5 Å². The maximum atomic E-state index is 11.4. The summed E-state index contributed by atoms with van der Waals surface area (Å²) >= 11 is 0. The zero-order chi connectivity index (χ0) is 10.8. The van der Waals surface area contributed by atoms with E-state index < -0.39 is 5.97 Å². The van der Waals surface area contributed by atoms with Gasteiger partial charge in [-0.3, -0.25) is 0 Å². The molecule has 15 heavy (non-hydrogen) atoms. The lowest BCUT2D eigenvalue weighted by atomic mass is 10.3. The summed E-state index contributed by atoms with van der Waals surface area (Å²) in [4.78, 5) is 19.2. The number of anilines is 1. The Balaban J connectivity index is 2.18. The lowest BCUT2D eigenvalue weighted by Gasteiger charge is -2.07. The van der Waals surface area contributed by atoms with Crippen molar-refractivity contribution in [2.24, 2.45) is 5.92 Å². The van der Waals surface area contributed by atoms with E-state index in [1.807, 2.05) is 0 Å². The van der Waals surface area contributed by atoms with Gasteiger partial charge in [0.25, 0.3) is 0 Å². The number of methoxy groups -OCH3 is 1. The van der Waals surface area contributed by atoms with E-state index >= 15 is 0 Å². The molecule has 5 nitrogen and oxygen atoms in total. The van der Waals surface area contributed by atoms with Crippen LogP contribution >= 0.6 is 0 Å². The van der Waals surface area contributed by atoms with Crippen LogP contribution in [-0.4, -0.2) is 29.1 Å². The molecule has 1 aromatic rings. The average Bonchev–Trinajstić information content (AvgIpc) is 2.94. The molecule has 80 valence electrons. The smallest absolute Gasteiger partial charge is 0.343 e. The van der Waals surface area contributed by atoms with Crippen LogP contribution in [0.2, 0.25) is 0 Å². The third-order valence-corrected chi connectivity index (χ3v) is 2.55. The molecule has 1 saturated carbocycles. The van der Waals surface area contributed by atoms with Gasteiger partial charge in [-0.15, -0.1) is 0 Å². The van der Waals surface area contributed by atoms with Crippen molar-refractivity contribution in [1.29, 1.82) is 0 Å². The van der Waals surface area contributed by atoms with Crippen LogP contribution in [0.1, 0.15) is 23.7 Å². The number of nitrogens with zero attached hydrogens (tertiary/aromatic N) is 2. The Morgan fingerprint density at radius 2 is 2.40 bits per heavy atom. The second-order valence-electron chi connectivity index (χ2n) is 3.74. The van der Waals surface area contributed by atoms with E-state index in [0.717, 1.165) is 6.42 Å². The standard InChI is InChI=1S/C10H13N3O2/c1-6-3-8(6)13-9-7(10(14)15-2)4-11-5-12-9/h4-6,8H,3H2,1-2H3,(H,11,12,13). The molecule has 0 radical (unpaired) electrons. The molecule has 0 aromatic carbocycles. The van der Waals surface area contributed by atoms with Crippen LogP contribution in [-0.2, 0) is 4.74 Å². The third kappa shape index (κ3) is 2.06. The fourth-order valence-corrected chi connectivity index (χ4v) is 1.40. The first-order valence-electron chi connectivity index (χ1n) is 4.87. The predicted molar refractivity (Wildman–Crippen MR) is 54.6 cm³/mol. The van der Waals surface area contributed by atoms with Crippen molar-refractivity contribution in [2.45, 2.75) is 19.4 Å². The molecule has 1 aliphatic rings. The molecule has 2 unspecified atom stereocenters. The highest BCUT2D eigenvalue weighted by atomic mass is 16.5. The SMILES string of the molecule is COC(=O)c1cncnc1NC1CC1C. The fraction of sp³-hybridized carbons (Fsp3) is 0.500. The summed E-state index contributed by atoms with van der Waals surface area (Å²) in [5.41, 5.74) is 0.388. The van der Waals surface area contributed by atoms with Gasteiger partial charge in [-0.1, -0.05) is 6.92 Å². The number of esters is 1. The number of rotatable bonds is 3. The highest BCUT2D eigenvalue weighted by Crippen LogP contribution is 2.32. The zero-order valence-electron chi connectivity index (χ0n) is 8.73. The average molecular weight is 207 g/mol. The maximum Gasteiger partial charge on any atom is 0.343 e. The zero-order valence-corrected chi connectivity index (χ0v) is 8.73. The lowest BCUT2D eigenvalue weighted by Crippen LogP contribution is -2.12. The van der Waals surface area contributed by atoms with Crippen molar-refractivity contribution in [1.82, 2.24) is 9.97 Å². The van der Waals surface area contributed by atoms with E-state index in [4.69, 9.17) is 0 Å². The minimum Gasteiger partial charge on any atom is -0.465 e. The highest BCUT2D eigenvalue weighted by molar-refractivity contribution is 5.94. The summed E-state index contributed by atoms with van der Waals surface area (Å²) in [6.07, 6.45) is 4.00. The molecule has 0 saturated heterocycles. The summed E-state index contributed by atoms with van der Waals surface area (Å²) in [5, 5.41) is 3.20. The summed E-state index contributed by atoms with van der Waals surface area (Å²) in [7, 11) is 1.35. The fourth-order valence-electron chi connectivity index (χ4n) is 1.40. The number of aromatic nitrogens is 2. The number of nitrogens with one attached hydrogen (secondary N) is 1. The minimum absolute atomic E-state index is 0.388. The summed E-state index contributed by atoms with van der Waals surface area (Å²) < 4.78 is 4.65. The summed E-state index contributed by atoms with van der Waals surface area (Å²) in [5.74, 6) is 0.795. The molecule has 0 amide bonds. The van der Waals surface area contributed by atoms with Crippen LogP contribution in [0.4, 0.5) is 5.82 Å². The predicted octanol–water partition coefficient (Wildman–Crippen LogP) is 1.08. The van der Waals surface area contributed by atoms with Crippen molar-refractivity contribution in [3.8, 4) is 0 Å². The van der Waals surface area contributed by atoms with E-state index in [2.05, 4.69) is 26.9 Å². The molecule has 1 fully saturated rings. The quantitative estimate of drug-likeness (QED) is 0.751. The van der Waals surface area contributed by atoms with Crippen molar-refractivity contribution in [3.63, 3.8) is 0 Å². The number of carbonyl (C=O) groups is 1. The molecule has 1 N–H and O–H groups in total. The number of hydrogen-bond acceptors (Lipinski definition) is 5. The molecule has 1 heterocycles. The second kappa shape index (κ2) is 3.84. The number of hydrogen-bond donors (Lipinski definition) is 1. The Morgan fingerprint density at radius 1 is 1.67 bits per heavy atom. The van der Waals surface area contributed by atoms with Crippen LogP contribution in [0.3, 0.4) is 0 Å². The third-order valence-electron chi connectivity index (χ3n) is 2.55. The lowest BCUT2D eigenvalue weighted by molar-refractivity contribution is 0.0601. The highest BCUT2D eigenvalue weighted by Gasteiger charge is 2.33. The van der Waals surface area contributed by atoms with Crippen LogP contribution < -0.4 is 5.32 Å². The first kappa shape index (κ1) is 9.89. The normalized spacial score (nSPS) is 23.3. The van der Waals surface area contributed by atoms with Crippen LogP contribution in [0, 0.1) is 5.92 Å². The molecule has 1 aromatic heterocycles. The molecule has 0 bridgehead atoms. The summed E-state index contributed by atoms with van der Waals surface area (Å²) in [6, 6.07) is 0.420. The van der Waals surface area contributed by atoms with Crippen LogP contribution in [0.25, 0.3) is 0 Å². The van der Waals surface area contributed by atoms with Gasteiger partial charge in [0.1, 0.15) is 17.7 Å².